The number of hydrogen-bond donors (Lipinski definition) is 1. The van der Waals surface area contributed by atoms with E-state index >= 15 is 0 Å². The van der Waals surface area contributed by atoms with Gasteiger partial charge in [-0.05, 0) is 45.6 Å². The molecule has 0 aliphatic carbocycles. The molecule has 0 unspecified atom stereocenters. The molecule has 5 nitrogen and oxygen atoms in total. The highest BCUT2D eigenvalue weighted by molar-refractivity contribution is 5.92. The number of carbonyl (C=O) groups is 1. The van der Waals surface area contributed by atoms with Crippen molar-refractivity contribution in [1.29, 1.82) is 0 Å². The van der Waals surface area contributed by atoms with E-state index in [4.69, 9.17) is 5.73 Å². The van der Waals surface area contributed by atoms with Crippen LogP contribution in [0.2, 0.25) is 0 Å². The van der Waals surface area contributed by atoms with Crippen LogP contribution in [0.15, 0.2) is 18.3 Å². The second kappa shape index (κ2) is 7.86. The maximum absolute atomic E-state index is 12.3. The van der Waals surface area contributed by atoms with Gasteiger partial charge in [-0.1, -0.05) is 6.07 Å². The summed E-state index contributed by atoms with van der Waals surface area (Å²) < 4.78 is 0. The lowest BCUT2D eigenvalue weighted by Gasteiger charge is -2.21. The van der Waals surface area contributed by atoms with E-state index in [0.717, 1.165) is 25.1 Å². The van der Waals surface area contributed by atoms with E-state index in [1.807, 2.05) is 32.0 Å². The van der Waals surface area contributed by atoms with Crippen molar-refractivity contribution < 1.29 is 4.79 Å². The highest BCUT2D eigenvalue weighted by atomic mass is 16.2. The lowest BCUT2D eigenvalue weighted by molar-refractivity contribution is 0.0753. The van der Waals surface area contributed by atoms with E-state index in [0.29, 0.717) is 18.8 Å². The molecule has 0 aliphatic rings. The van der Waals surface area contributed by atoms with Crippen molar-refractivity contribution in [2.45, 2.75) is 19.9 Å². The zero-order chi connectivity index (χ0) is 14.3. The normalized spacial score (nSPS) is 10.8. The van der Waals surface area contributed by atoms with Gasteiger partial charge < -0.3 is 15.5 Å². The van der Waals surface area contributed by atoms with Crippen molar-refractivity contribution in [3.05, 3.63) is 29.6 Å². The number of nitrogens with two attached hydrogens (primary N) is 1. The number of rotatable bonds is 7. The van der Waals surface area contributed by atoms with E-state index in [2.05, 4.69) is 9.88 Å². The Hall–Kier alpha value is -1.46. The van der Waals surface area contributed by atoms with Gasteiger partial charge in [0.05, 0.1) is 0 Å². The van der Waals surface area contributed by atoms with Crippen LogP contribution >= 0.6 is 0 Å². The lowest BCUT2D eigenvalue weighted by Crippen LogP contribution is -2.33. The predicted octanol–water partition coefficient (Wildman–Crippen LogP) is 0.954. The average molecular weight is 264 g/mol. The van der Waals surface area contributed by atoms with Crippen LogP contribution in [0, 0.1) is 0 Å². The Morgan fingerprint density at radius 2 is 2.05 bits per heavy atom. The van der Waals surface area contributed by atoms with Crippen LogP contribution in [-0.4, -0.2) is 54.4 Å². The van der Waals surface area contributed by atoms with Gasteiger partial charge in [-0.25, -0.2) is 0 Å². The van der Waals surface area contributed by atoms with E-state index < -0.39 is 0 Å². The quantitative estimate of drug-likeness (QED) is 0.796. The highest BCUT2D eigenvalue weighted by Gasteiger charge is 2.14. The summed E-state index contributed by atoms with van der Waals surface area (Å²) >= 11 is 0. The molecule has 106 valence electrons. The fraction of sp³-hybridized carbons (Fsp3) is 0.571. The largest absolute Gasteiger partial charge is 0.338 e. The van der Waals surface area contributed by atoms with E-state index in [1.54, 1.807) is 12.3 Å². The summed E-state index contributed by atoms with van der Waals surface area (Å²) in [5, 5.41) is 0. The Morgan fingerprint density at radius 3 is 2.53 bits per heavy atom. The molecule has 0 spiro atoms. The second-order valence-corrected chi connectivity index (χ2v) is 4.80. The summed E-state index contributed by atoms with van der Waals surface area (Å²) in [4.78, 5) is 20.4. The summed E-state index contributed by atoms with van der Waals surface area (Å²) in [5.41, 5.74) is 6.94. The standard InChI is InChI=1S/C14H24N4O/c1-4-18(9-5-8-17(2)3)14(19)13-7-6-12(10-15)11-16-13/h6-7,11H,4-5,8-10,15H2,1-3H3. The van der Waals surface area contributed by atoms with E-state index in [-0.39, 0.29) is 5.91 Å². The minimum atomic E-state index is -0.00942. The summed E-state index contributed by atoms with van der Waals surface area (Å²) in [6.07, 6.45) is 2.63. The van der Waals surface area contributed by atoms with Gasteiger partial charge in [0.2, 0.25) is 0 Å². The molecule has 1 aromatic heterocycles. The molecule has 2 N–H and O–H groups in total. The molecular formula is C14H24N4O. The molecule has 0 atom stereocenters. The first-order valence-corrected chi connectivity index (χ1v) is 6.67. The average Bonchev–Trinajstić information content (AvgIpc) is 2.43. The fourth-order valence-electron chi connectivity index (χ4n) is 1.81. The number of nitrogens with zero attached hydrogens (tertiary/aromatic N) is 3. The molecule has 0 radical (unpaired) electrons. The SMILES string of the molecule is CCN(CCCN(C)C)C(=O)c1ccc(CN)cn1. The van der Waals surface area contributed by atoms with Gasteiger partial charge in [-0.3, -0.25) is 9.78 Å². The molecular weight excluding hydrogens is 240 g/mol. The Kier molecular flexibility index (Phi) is 6.45. The number of hydrogen-bond acceptors (Lipinski definition) is 4. The Bertz CT molecular complexity index is 389. The zero-order valence-electron chi connectivity index (χ0n) is 12.1. The van der Waals surface area contributed by atoms with Crippen molar-refractivity contribution in [1.82, 2.24) is 14.8 Å². The third-order valence-electron chi connectivity index (χ3n) is 2.98. The number of amides is 1. The maximum atomic E-state index is 12.3. The highest BCUT2D eigenvalue weighted by Crippen LogP contribution is 2.05. The maximum Gasteiger partial charge on any atom is 0.272 e. The third-order valence-corrected chi connectivity index (χ3v) is 2.98. The van der Waals surface area contributed by atoms with Gasteiger partial charge in [-0.2, -0.15) is 0 Å². The van der Waals surface area contributed by atoms with Crippen LogP contribution < -0.4 is 5.73 Å². The topological polar surface area (TPSA) is 62.5 Å². The first kappa shape index (κ1) is 15.6. The summed E-state index contributed by atoms with van der Waals surface area (Å²) in [6.45, 7) is 4.87. The number of pyridine rings is 1. The van der Waals surface area contributed by atoms with Crippen molar-refractivity contribution >= 4 is 5.91 Å². The summed E-state index contributed by atoms with van der Waals surface area (Å²) in [5.74, 6) is -0.00942. The van der Waals surface area contributed by atoms with Crippen molar-refractivity contribution in [3.63, 3.8) is 0 Å². The van der Waals surface area contributed by atoms with Gasteiger partial charge in [0.1, 0.15) is 5.69 Å². The number of aromatic nitrogens is 1. The molecule has 0 saturated carbocycles. The monoisotopic (exact) mass is 264 g/mol. The van der Waals surface area contributed by atoms with Crippen LogP contribution in [0.5, 0.6) is 0 Å². The summed E-state index contributed by atoms with van der Waals surface area (Å²) in [7, 11) is 4.07. The Balaban J connectivity index is 2.61. The molecule has 1 rings (SSSR count). The van der Waals surface area contributed by atoms with E-state index in [1.165, 1.54) is 0 Å². The van der Waals surface area contributed by atoms with Crippen LogP contribution in [0.25, 0.3) is 0 Å². The zero-order valence-corrected chi connectivity index (χ0v) is 12.1. The van der Waals surface area contributed by atoms with Crippen molar-refractivity contribution in [3.8, 4) is 0 Å². The molecule has 19 heavy (non-hydrogen) atoms. The molecule has 5 heteroatoms. The van der Waals surface area contributed by atoms with Crippen LogP contribution in [0.1, 0.15) is 29.4 Å². The van der Waals surface area contributed by atoms with Crippen LogP contribution in [0.4, 0.5) is 0 Å². The van der Waals surface area contributed by atoms with Crippen LogP contribution in [-0.2, 0) is 6.54 Å². The minimum Gasteiger partial charge on any atom is -0.338 e. The first-order chi connectivity index (χ1) is 9.08. The molecule has 0 bridgehead atoms. The fourth-order valence-corrected chi connectivity index (χ4v) is 1.81. The van der Waals surface area contributed by atoms with E-state index in [9.17, 15) is 4.79 Å². The molecule has 1 heterocycles. The van der Waals surface area contributed by atoms with Crippen molar-refractivity contribution in [2.24, 2.45) is 5.73 Å². The first-order valence-electron chi connectivity index (χ1n) is 6.67. The lowest BCUT2D eigenvalue weighted by atomic mass is 10.2. The number of carbonyl (C=O) groups excluding carboxylic acids is 1. The molecule has 0 saturated heterocycles. The third kappa shape index (κ3) is 4.96. The molecule has 0 fully saturated rings. The Morgan fingerprint density at radius 1 is 1.32 bits per heavy atom. The van der Waals surface area contributed by atoms with Crippen molar-refractivity contribution in [2.75, 3.05) is 33.7 Å². The smallest absolute Gasteiger partial charge is 0.272 e. The summed E-state index contributed by atoms with van der Waals surface area (Å²) in [6, 6.07) is 3.60. The van der Waals surface area contributed by atoms with Crippen LogP contribution in [0.3, 0.4) is 0 Å². The predicted molar refractivity (Wildman–Crippen MR) is 76.9 cm³/mol. The molecule has 1 aromatic rings. The second-order valence-electron chi connectivity index (χ2n) is 4.80. The van der Waals surface area contributed by atoms with Gasteiger partial charge in [0.15, 0.2) is 0 Å². The van der Waals surface area contributed by atoms with Gasteiger partial charge in [-0.15, -0.1) is 0 Å². The molecule has 0 aromatic carbocycles. The molecule has 0 aliphatic heterocycles. The molecule has 1 amide bonds. The van der Waals surface area contributed by atoms with Gasteiger partial charge >= 0.3 is 0 Å². The van der Waals surface area contributed by atoms with Gasteiger partial charge in [0, 0.05) is 25.8 Å². The minimum absolute atomic E-state index is 0.00942. The van der Waals surface area contributed by atoms with Gasteiger partial charge in [0.25, 0.3) is 5.91 Å². The Labute approximate surface area is 115 Å².